The van der Waals surface area contributed by atoms with Crippen LogP contribution >= 0.6 is 27.5 Å². The van der Waals surface area contributed by atoms with Gasteiger partial charge in [0.1, 0.15) is 18.2 Å². The molecule has 3 rings (SSSR count). The molecule has 158 valence electrons. The number of hydrogen-bond acceptors (Lipinski definition) is 3. The van der Waals surface area contributed by atoms with Gasteiger partial charge in [-0.15, -0.1) is 0 Å². The molecule has 0 aliphatic carbocycles. The van der Waals surface area contributed by atoms with Crippen LogP contribution in [-0.2, 0) is 19.6 Å². The maximum Gasteiger partial charge on any atom is 0.167 e. The number of methoxy groups -OCH3 is 1. The number of hydrogen-bond donors (Lipinski definition) is 1. The molecule has 0 fully saturated rings. The van der Waals surface area contributed by atoms with Crippen LogP contribution in [0.1, 0.15) is 16.7 Å². The second kappa shape index (κ2) is 10.8. The summed E-state index contributed by atoms with van der Waals surface area (Å²) in [5, 5.41) is 3.67. The van der Waals surface area contributed by atoms with Crippen molar-refractivity contribution < 1.29 is 18.3 Å². The number of halogens is 4. The molecular weight excluding hydrogens is 476 g/mol. The van der Waals surface area contributed by atoms with Crippen LogP contribution in [0, 0.1) is 11.6 Å². The Hall–Kier alpha value is -2.15. The van der Waals surface area contributed by atoms with Gasteiger partial charge in [0.25, 0.3) is 0 Å². The van der Waals surface area contributed by atoms with E-state index in [0.29, 0.717) is 29.6 Å². The molecule has 0 bridgehead atoms. The molecule has 3 aromatic rings. The van der Waals surface area contributed by atoms with E-state index < -0.39 is 5.82 Å². The largest absolute Gasteiger partial charge is 0.493 e. The summed E-state index contributed by atoms with van der Waals surface area (Å²) in [6.07, 6.45) is 0.753. The Labute approximate surface area is 188 Å². The second-order valence-corrected chi connectivity index (χ2v) is 7.86. The summed E-state index contributed by atoms with van der Waals surface area (Å²) in [7, 11) is 1.55. The Balaban J connectivity index is 1.71. The van der Waals surface area contributed by atoms with E-state index in [9.17, 15) is 8.78 Å². The predicted molar refractivity (Wildman–Crippen MR) is 118 cm³/mol. The molecule has 0 heterocycles. The van der Waals surface area contributed by atoms with E-state index in [4.69, 9.17) is 21.1 Å². The minimum atomic E-state index is -0.421. The Morgan fingerprint density at radius 2 is 1.77 bits per heavy atom. The van der Waals surface area contributed by atoms with E-state index in [-0.39, 0.29) is 18.0 Å². The molecule has 0 amide bonds. The fourth-order valence-corrected chi connectivity index (χ4v) is 3.65. The van der Waals surface area contributed by atoms with Gasteiger partial charge in [0, 0.05) is 22.1 Å². The maximum absolute atomic E-state index is 14.1. The molecule has 0 saturated heterocycles. The average Bonchev–Trinajstić information content (AvgIpc) is 2.73. The van der Waals surface area contributed by atoms with Gasteiger partial charge >= 0.3 is 0 Å². The minimum Gasteiger partial charge on any atom is -0.493 e. The third-order valence-electron chi connectivity index (χ3n) is 4.62. The number of nitrogens with one attached hydrogen (secondary N) is 1. The van der Waals surface area contributed by atoms with Gasteiger partial charge in [-0.3, -0.25) is 0 Å². The highest BCUT2D eigenvalue weighted by atomic mass is 79.9. The summed E-state index contributed by atoms with van der Waals surface area (Å²) >= 11 is 9.67. The molecule has 0 aliphatic heterocycles. The van der Waals surface area contributed by atoms with Crippen LogP contribution in [0.15, 0.2) is 59.1 Å². The number of ether oxygens (including phenoxy) is 2. The summed E-state index contributed by atoms with van der Waals surface area (Å²) < 4.78 is 39.4. The lowest BCUT2D eigenvalue weighted by Crippen LogP contribution is -2.18. The fourth-order valence-electron chi connectivity index (χ4n) is 2.98. The normalized spacial score (nSPS) is 10.8. The molecule has 7 heteroatoms. The number of benzene rings is 3. The summed E-state index contributed by atoms with van der Waals surface area (Å²) in [6.45, 7) is 1.16. The molecule has 3 nitrogen and oxygen atoms in total. The van der Waals surface area contributed by atoms with Crippen LogP contribution < -0.4 is 14.8 Å². The first kappa shape index (κ1) is 22.5. The summed E-state index contributed by atoms with van der Waals surface area (Å²) in [5.74, 6) is 0.390. The van der Waals surface area contributed by atoms with Crippen molar-refractivity contribution in [2.45, 2.75) is 19.6 Å². The van der Waals surface area contributed by atoms with Crippen molar-refractivity contribution in [2.24, 2.45) is 0 Å². The highest BCUT2D eigenvalue weighted by Crippen LogP contribution is 2.37. The minimum absolute atomic E-state index is 0.0269. The topological polar surface area (TPSA) is 30.5 Å². The molecule has 0 spiro atoms. The summed E-state index contributed by atoms with van der Waals surface area (Å²) in [6, 6.07) is 14.6. The first-order valence-electron chi connectivity index (χ1n) is 9.35. The molecule has 0 radical (unpaired) electrons. The molecule has 0 atom stereocenters. The monoisotopic (exact) mass is 495 g/mol. The molecule has 0 aliphatic rings. The van der Waals surface area contributed by atoms with Gasteiger partial charge in [-0.25, -0.2) is 8.78 Å². The molecule has 1 N–H and O–H groups in total. The highest BCUT2D eigenvalue weighted by molar-refractivity contribution is 9.10. The van der Waals surface area contributed by atoms with E-state index >= 15 is 0 Å². The van der Waals surface area contributed by atoms with Crippen molar-refractivity contribution in [3.8, 4) is 11.5 Å². The molecule has 0 saturated carbocycles. The number of rotatable bonds is 9. The Bertz CT molecular complexity index is 979. The van der Waals surface area contributed by atoms with E-state index in [2.05, 4.69) is 21.2 Å². The summed E-state index contributed by atoms with van der Waals surface area (Å²) in [4.78, 5) is 0. The average molecular weight is 497 g/mol. The SMILES string of the molecule is COc1ccc(Br)c(CNCCc2ccc(F)cc2)c1OCc1c(F)cccc1Cl. The standard InChI is InChI=1S/C23H21BrClF2NO2/c1-29-22-10-9-19(24)17(13-28-12-11-15-5-7-16(26)8-6-15)23(22)30-14-18-20(25)3-2-4-21(18)27/h2-10,28H,11-14H2,1H3. The molecule has 30 heavy (non-hydrogen) atoms. The highest BCUT2D eigenvalue weighted by Gasteiger charge is 2.16. The van der Waals surface area contributed by atoms with Crippen molar-refractivity contribution >= 4 is 27.5 Å². The van der Waals surface area contributed by atoms with Gasteiger partial charge in [0.15, 0.2) is 11.5 Å². The van der Waals surface area contributed by atoms with Crippen LogP contribution in [0.5, 0.6) is 11.5 Å². The Morgan fingerprint density at radius 1 is 1.00 bits per heavy atom. The van der Waals surface area contributed by atoms with Gasteiger partial charge in [-0.1, -0.05) is 45.7 Å². The van der Waals surface area contributed by atoms with Crippen LogP contribution in [0.2, 0.25) is 5.02 Å². The van der Waals surface area contributed by atoms with Crippen LogP contribution in [-0.4, -0.2) is 13.7 Å². The van der Waals surface area contributed by atoms with Crippen molar-refractivity contribution in [3.05, 3.63) is 92.4 Å². The molecule has 0 unspecified atom stereocenters. The lowest BCUT2D eigenvalue weighted by atomic mass is 10.1. The zero-order valence-corrected chi connectivity index (χ0v) is 18.7. The van der Waals surface area contributed by atoms with Gasteiger partial charge in [-0.05, 0) is 54.9 Å². The smallest absolute Gasteiger partial charge is 0.167 e. The van der Waals surface area contributed by atoms with E-state index in [1.165, 1.54) is 18.2 Å². The van der Waals surface area contributed by atoms with E-state index in [1.807, 2.05) is 6.07 Å². The van der Waals surface area contributed by atoms with Gasteiger partial charge < -0.3 is 14.8 Å². The van der Waals surface area contributed by atoms with Gasteiger partial charge in [-0.2, -0.15) is 0 Å². The van der Waals surface area contributed by atoms with E-state index in [0.717, 1.165) is 22.0 Å². The Morgan fingerprint density at radius 3 is 2.47 bits per heavy atom. The quantitative estimate of drug-likeness (QED) is 0.353. The van der Waals surface area contributed by atoms with Gasteiger partial charge in [0.05, 0.1) is 12.1 Å². The lowest BCUT2D eigenvalue weighted by molar-refractivity contribution is 0.276. The van der Waals surface area contributed by atoms with Crippen molar-refractivity contribution in [1.82, 2.24) is 5.32 Å². The van der Waals surface area contributed by atoms with Gasteiger partial charge in [0.2, 0.25) is 0 Å². The zero-order valence-electron chi connectivity index (χ0n) is 16.4. The second-order valence-electron chi connectivity index (χ2n) is 6.60. The summed E-state index contributed by atoms with van der Waals surface area (Å²) in [5.41, 5.74) is 2.18. The third kappa shape index (κ3) is 5.72. The van der Waals surface area contributed by atoms with E-state index in [1.54, 1.807) is 37.4 Å². The van der Waals surface area contributed by atoms with Crippen molar-refractivity contribution in [1.29, 1.82) is 0 Å². The first-order chi connectivity index (χ1) is 14.5. The van der Waals surface area contributed by atoms with Crippen LogP contribution in [0.25, 0.3) is 0 Å². The van der Waals surface area contributed by atoms with Crippen LogP contribution in [0.3, 0.4) is 0 Å². The fraction of sp³-hybridized carbons (Fsp3) is 0.217. The predicted octanol–water partition coefficient (Wildman–Crippen LogP) is 6.30. The zero-order chi connectivity index (χ0) is 21.5. The maximum atomic E-state index is 14.1. The lowest BCUT2D eigenvalue weighted by Gasteiger charge is -2.18. The third-order valence-corrected chi connectivity index (χ3v) is 5.71. The first-order valence-corrected chi connectivity index (χ1v) is 10.5. The van der Waals surface area contributed by atoms with Crippen molar-refractivity contribution in [3.63, 3.8) is 0 Å². The Kier molecular flexibility index (Phi) is 8.08. The van der Waals surface area contributed by atoms with Crippen LogP contribution in [0.4, 0.5) is 8.78 Å². The molecular formula is C23H21BrClF2NO2. The van der Waals surface area contributed by atoms with Crippen molar-refractivity contribution in [2.75, 3.05) is 13.7 Å². The molecule has 0 aromatic heterocycles. The molecule has 3 aromatic carbocycles.